The molecule has 192 valence electrons. The summed E-state index contributed by atoms with van der Waals surface area (Å²) < 4.78 is 5.42. The van der Waals surface area contributed by atoms with Gasteiger partial charge < -0.3 is 20.3 Å². The lowest BCUT2D eigenvalue weighted by Gasteiger charge is -2.42. The standard InChI is InChI=1S/C24H33Cl2N5O4/c1-5-27-23(33)31-11-10-29(13-15(31)4)14-19-20(22(32)35-7-3)21(28-24(34)30(19)6-2)17-9-8-16(25)12-18(17)26/h8-9,12,15,21H,5-7,10-11,13-14H2,1-4H3,(H,27,33)(H,28,34). The zero-order valence-electron chi connectivity index (χ0n) is 20.6. The molecule has 2 aliphatic rings. The van der Waals surface area contributed by atoms with Crippen LogP contribution in [0.5, 0.6) is 0 Å². The van der Waals surface area contributed by atoms with Crippen LogP contribution < -0.4 is 10.6 Å². The molecule has 11 heteroatoms. The Morgan fingerprint density at radius 3 is 2.54 bits per heavy atom. The van der Waals surface area contributed by atoms with Gasteiger partial charge in [0.2, 0.25) is 0 Å². The van der Waals surface area contributed by atoms with Crippen molar-refractivity contribution in [1.82, 2.24) is 25.3 Å². The molecule has 3 rings (SSSR count). The van der Waals surface area contributed by atoms with Crippen LogP contribution in [0.4, 0.5) is 9.59 Å². The summed E-state index contributed by atoms with van der Waals surface area (Å²) in [5.41, 5.74) is 1.48. The molecule has 0 spiro atoms. The molecule has 1 saturated heterocycles. The Morgan fingerprint density at radius 2 is 1.94 bits per heavy atom. The van der Waals surface area contributed by atoms with E-state index >= 15 is 0 Å². The molecule has 2 N–H and O–H groups in total. The van der Waals surface area contributed by atoms with E-state index in [1.807, 2.05) is 25.7 Å². The van der Waals surface area contributed by atoms with Gasteiger partial charge in [-0.1, -0.05) is 29.3 Å². The van der Waals surface area contributed by atoms with Crippen molar-refractivity contribution in [2.24, 2.45) is 0 Å². The second kappa shape index (κ2) is 12.0. The zero-order chi connectivity index (χ0) is 25.7. The third-order valence-corrected chi connectivity index (χ3v) is 6.76. The van der Waals surface area contributed by atoms with Gasteiger partial charge >= 0.3 is 18.0 Å². The Labute approximate surface area is 216 Å². The maximum Gasteiger partial charge on any atom is 0.338 e. The first kappa shape index (κ1) is 27.1. The molecular formula is C24H33Cl2N5O4. The molecule has 2 unspecified atom stereocenters. The number of rotatable bonds is 7. The number of ether oxygens (including phenoxy) is 1. The number of esters is 1. The summed E-state index contributed by atoms with van der Waals surface area (Å²) in [7, 11) is 0. The quantitative estimate of drug-likeness (QED) is 0.530. The molecule has 2 heterocycles. The summed E-state index contributed by atoms with van der Waals surface area (Å²) in [6.07, 6.45) is 0. The molecule has 0 aliphatic carbocycles. The van der Waals surface area contributed by atoms with Crippen molar-refractivity contribution < 1.29 is 19.1 Å². The van der Waals surface area contributed by atoms with Gasteiger partial charge in [-0.2, -0.15) is 0 Å². The minimum atomic E-state index is -0.779. The van der Waals surface area contributed by atoms with Gasteiger partial charge in [-0.05, 0) is 45.4 Å². The molecule has 2 atom stereocenters. The Morgan fingerprint density at radius 1 is 1.20 bits per heavy atom. The second-order valence-electron chi connectivity index (χ2n) is 8.49. The van der Waals surface area contributed by atoms with E-state index in [-0.39, 0.29) is 24.7 Å². The number of halogens is 2. The van der Waals surface area contributed by atoms with Crippen molar-refractivity contribution in [3.05, 3.63) is 45.1 Å². The number of piperazine rings is 1. The molecule has 0 aromatic heterocycles. The monoisotopic (exact) mass is 525 g/mol. The van der Waals surface area contributed by atoms with Gasteiger partial charge in [-0.3, -0.25) is 9.80 Å². The number of likely N-dealkylation sites (N-methyl/N-ethyl adjacent to an activating group) is 1. The van der Waals surface area contributed by atoms with Crippen LogP contribution in [-0.2, 0) is 9.53 Å². The normalized spacial score (nSPS) is 21.1. The van der Waals surface area contributed by atoms with Gasteiger partial charge in [-0.25, -0.2) is 14.4 Å². The molecular weight excluding hydrogens is 493 g/mol. The lowest BCUT2D eigenvalue weighted by molar-refractivity contribution is -0.139. The van der Waals surface area contributed by atoms with Crippen molar-refractivity contribution >= 4 is 41.2 Å². The average Bonchev–Trinajstić information content (AvgIpc) is 2.79. The molecule has 1 fully saturated rings. The zero-order valence-corrected chi connectivity index (χ0v) is 22.1. The van der Waals surface area contributed by atoms with Crippen molar-refractivity contribution in [3.63, 3.8) is 0 Å². The predicted octanol–water partition coefficient (Wildman–Crippen LogP) is 3.63. The number of hydrogen-bond acceptors (Lipinski definition) is 5. The van der Waals surface area contributed by atoms with Crippen molar-refractivity contribution in [3.8, 4) is 0 Å². The Bertz CT molecular complexity index is 1000. The number of hydrogen-bond donors (Lipinski definition) is 2. The first-order chi connectivity index (χ1) is 16.7. The third kappa shape index (κ3) is 6.02. The summed E-state index contributed by atoms with van der Waals surface area (Å²) in [5, 5.41) is 6.57. The summed E-state index contributed by atoms with van der Waals surface area (Å²) in [6.45, 7) is 10.7. The minimum Gasteiger partial charge on any atom is -0.463 e. The van der Waals surface area contributed by atoms with E-state index in [2.05, 4.69) is 15.5 Å². The van der Waals surface area contributed by atoms with E-state index in [1.165, 1.54) is 0 Å². The van der Waals surface area contributed by atoms with E-state index in [4.69, 9.17) is 27.9 Å². The molecule has 9 nitrogen and oxygen atoms in total. The highest BCUT2D eigenvalue weighted by Crippen LogP contribution is 2.36. The van der Waals surface area contributed by atoms with Crippen LogP contribution in [0.15, 0.2) is 29.5 Å². The van der Waals surface area contributed by atoms with Crippen molar-refractivity contribution in [2.75, 3.05) is 45.9 Å². The van der Waals surface area contributed by atoms with E-state index in [0.717, 1.165) is 0 Å². The number of amides is 4. The van der Waals surface area contributed by atoms with Crippen LogP contribution in [0, 0.1) is 0 Å². The number of carbonyl (C=O) groups is 3. The second-order valence-corrected chi connectivity index (χ2v) is 9.33. The van der Waals surface area contributed by atoms with Crippen LogP contribution in [-0.4, -0.2) is 84.6 Å². The molecule has 0 bridgehead atoms. The molecule has 35 heavy (non-hydrogen) atoms. The van der Waals surface area contributed by atoms with E-state index in [1.54, 1.807) is 30.0 Å². The first-order valence-electron chi connectivity index (χ1n) is 11.9. The molecule has 1 aromatic carbocycles. The van der Waals surface area contributed by atoms with Crippen LogP contribution >= 0.6 is 23.2 Å². The fourth-order valence-corrected chi connectivity index (χ4v) is 5.09. The topological polar surface area (TPSA) is 94.2 Å². The Kier molecular flexibility index (Phi) is 9.27. The van der Waals surface area contributed by atoms with Gasteiger partial charge in [0, 0.05) is 61.1 Å². The number of nitrogens with zero attached hydrogens (tertiary/aromatic N) is 3. The SMILES string of the molecule is CCNC(=O)N1CCN(CC2=C(C(=O)OCC)C(c3ccc(Cl)cc3Cl)NC(=O)N2CC)CC1C. The summed E-state index contributed by atoms with van der Waals surface area (Å²) >= 11 is 12.6. The summed E-state index contributed by atoms with van der Waals surface area (Å²) in [6, 6.07) is 3.75. The number of benzene rings is 1. The number of nitrogens with one attached hydrogen (secondary N) is 2. The molecule has 1 aromatic rings. The fraction of sp³-hybridized carbons (Fsp3) is 0.542. The largest absolute Gasteiger partial charge is 0.463 e. The van der Waals surface area contributed by atoms with Crippen molar-refractivity contribution in [2.45, 2.75) is 39.8 Å². The van der Waals surface area contributed by atoms with E-state index < -0.39 is 12.0 Å². The highest BCUT2D eigenvalue weighted by atomic mass is 35.5. The van der Waals surface area contributed by atoms with Crippen LogP contribution in [0.3, 0.4) is 0 Å². The maximum atomic E-state index is 13.3. The van der Waals surface area contributed by atoms with Gasteiger partial charge in [0.1, 0.15) is 0 Å². The van der Waals surface area contributed by atoms with Crippen LogP contribution in [0.1, 0.15) is 39.3 Å². The van der Waals surface area contributed by atoms with Crippen LogP contribution in [0.2, 0.25) is 10.0 Å². The summed E-state index contributed by atoms with van der Waals surface area (Å²) in [4.78, 5) is 44.3. The van der Waals surface area contributed by atoms with Crippen LogP contribution in [0.25, 0.3) is 0 Å². The Hall–Kier alpha value is -2.49. The molecule has 0 saturated carbocycles. The highest BCUT2D eigenvalue weighted by molar-refractivity contribution is 6.35. The number of carbonyl (C=O) groups excluding carboxylic acids is 3. The maximum absolute atomic E-state index is 13.3. The highest BCUT2D eigenvalue weighted by Gasteiger charge is 2.40. The third-order valence-electron chi connectivity index (χ3n) is 6.20. The van der Waals surface area contributed by atoms with Gasteiger partial charge in [0.15, 0.2) is 0 Å². The average molecular weight is 526 g/mol. The fourth-order valence-electron chi connectivity index (χ4n) is 4.57. The van der Waals surface area contributed by atoms with E-state index in [9.17, 15) is 14.4 Å². The van der Waals surface area contributed by atoms with Gasteiger partial charge in [0.25, 0.3) is 0 Å². The number of urea groups is 2. The lowest BCUT2D eigenvalue weighted by atomic mass is 9.94. The lowest BCUT2D eigenvalue weighted by Crippen LogP contribution is -2.58. The van der Waals surface area contributed by atoms with Gasteiger partial charge in [-0.15, -0.1) is 0 Å². The molecule has 2 aliphatic heterocycles. The summed E-state index contributed by atoms with van der Waals surface area (Å²) in [5.74, 6) is -0.508. The van der Waals surface area contributed by atoms with E-state index in [0.29, 0.717) is 66.1 Å². The Balaban J connectivity index is 1.99. The van der Waals surface area contributed by atoms with Gasteiger partial charge in [0.05, 0.1) is 18.2 Å². The molecule has 4 amide bonds. The van der Waals surface area contributed by atoms with Crippen molar-refractivity contribution in [1.29, 1.82) is 0 Å². The molecule has 0 radical (unpaired) electrons. The predicted molar refractivity (Wildman–Crippen MR) is 135 cm³/mol. The minimum absolute atomic E-state index is 0.0315. The first-order valence-corrected chi connectivity index (χ1v) is 12.7. The smallest absolute Gasteiger partial charge is 0.338 e.